The highest BCUT2D eigenvalue weighted by molar-refractivity contribution is 6.01. The molecule has 0 aliphatic heterocycles. The number of rotatable bonds is 3. The van der Waals surface area contributed by atoms with Crippen molar-refractivity contribution < 1.29 is 4.79 Å². The van der Waals surface area contributed by atoms with Gasteiger partial charge in [0.15, 0.2) is 0 Å². The molecule has 0 aromatic heterocycles. The van der Waals surface area contributed by atoms with E-state index in [9.17, 15) is 4.79 Å². The molecule has 0 unspecified atom stereocenters. The van der Waals surface area contributed by atoms with Crippen molar-refractivity contribution in [3.05, 3.63) is 42.5 Å². The number of nitrogens with zero attached hydrogens (tertiary/aromatic N) is 1. The van der Waals surface area contributed by atoms with Gasteiger partial charge in [0.1, 0.15) is 0 Å². The Hall–Kier alpha value is -2.03. The van der Waals surface area contributed by atoms with E-state index >= 15 is 0 Å². The minimum Gasteiger partial charge on any atom is -0.322 e. The van der Waals surface area contributed by atoms with Gasteiger partial charge in [0, 0.05) is 18.0 Å². The van der Waals surface area contributed by atoms with E-state index in [2.05, 4.69) is 17.4 Å². The maximum Gasteiger partial charge on any atom is 0.322 e. The largest absolute Gasteiger partial charge is 0.322 e. The highest BCUT2D eigenvalue weighted by Crippen LogP contribution is 2.28. The average molecular weight is 254 g/mol. The molecular weight excluding hydrogens is 236 g/mol. The van der Waals surface area contributed by atoms with Crippen LogP contribution in [0.15, 0.2) is 42.5 Å². The summed E-state index contributed by atoms with van der Waals surface area (Å²) in [6.07, 6.45) is 2.27. The second-order valence-corrected chi connectivity index (χ2v) is 4.97. The maximum absolute atomic E-state index is 12.3. The Kier molecular flexibility index (Phi) is 3.11. The van der Waals surface area contributed by atoms with Crippen LogP contribution in [-0.4, -0.2) is 23.5 Å². The minimum atomic E-state index is 0.0151. The lowest BCUT2D eigenvalue weighted by atomic mass is 10.1. The van der Waals surface area contributed by atoms with Gasteiger partial charge in [-0.25, -0.2) is 4.79 Å². The molecule has 3 heteroatoms. The fraction of sp³-hybridized carbons (Fsp3) is 0.312. The van der Waals surface area contributed by atoms with Crippen LogP contribution in [0.5, 0.6) is 0 Å². The lowest BCUT2D eigenvalue weighted by Gasteiger charge is -2.21. The van der Waals surface area contributed by atoms with Crippen LogP contribution in [0.1, 0.15) is 19.8 Å². The topological polar surface area (TPSA) is 32.3 Å². The molecular formula is C16H18N2O. The third-order valence-corrected chi connectivity index (χ3v) is 3.62. The molecule has 0 radical (unpaired) electrons. The Morgan fingerprint density at radius 2 is 1.95 bits per heavy atom. The summed E-state index contributed by atoms with van der Waals surface area (Å²) < 4.78 is 0. The molecule has 1 aliphatic carbocycles. The van der Waals surface area contributed by atoms with Crippen LogP contribution in [-0.2, 0) is 0 Å². The minimum absolute atomic E-state index is 0.0151. The quantitative estimate of drug-likeness (QED) is 0.886. The van der Waals surface area contributed by atoms with Crippen LogP contribution in [0.4, 0.5) is 10.5 Å². The zero-order valence-corrected chi connectivity index (χ0v) is 11.1. The third-order valence-electron chi connectivity index (χ3n) is 3.62. The van der Waals surface area contributed by atoms with Crippen LogP contribution in [0.25, 0.3) is 10.8 Å². The van der Waals surface area contributed by atoms with Gasteiger partial charge in [0.25, 0.3) is 0 Å². The standard InChI is InChI=1S/C16H18N2O/c1-2-18(13-10-11-13)16(19)17-15-9-5-7-12-6-3-4-8-14(12)15/h3-9,13H,2,10-11H2,1H3,(H,17,19). The summed E-state index contributed by atoms with van der Waals surface area (Å²) in [7, 11) is 0. The highest BCUT2D eigenvalue weighted by atomic mass is 16.2. The van der Waals surface area contributed by atoms with E-state index in [1.54, 1.807) is 0 Å². The first-order valence-electron chi connectivity index (χ1n) is 6.85. The normalized spacial score (nSPS) is 14.4. The second kappa shape index (κ2) is 4.92. The Labute approximate surface area is 113 Å². The van der Waals surface area contributed by atoms with Crippen LogP contribution in [0.3, 0.4) is 0 Å². The molecule has 2 aromatic rings. The molecule has 2 amide bonds. The number of carbonyl (C=O) groups excluding carboxylic acids is 1. The summed E-state index contributed by atoms with van der Waals surface area (Å²) in [5, 5.41) is 5.28. The maximum atomic E-state index is 12.3. The lowest BCUT2D eigenvalue weighted by Crippen LogP contribution is -2.36. The molecule has 0 atom stereocenters. The predicted octanol–water partition coefficient (Wildman–Crippen LogP) is 3.86. The Bertz CT molecular complexity index is 599. The van der Waals surface area contributed by atoms with Crippen molar-refractivity contribution in [2.75, 3.05) is 11.9 Å². The van der Waals surface area contributed by atoms with Crippen LogP contribution >= 0.6 is 0 Å². The van der Waals surface area contributed by atoms with Crippen molar-refractivity contribution in [3.8, 4) is 0 Å². The molecule has 1 aliphatic rings. The second-order valence-electron chi connectivity index (χ2n) is 4.97. The number of carbonyl (C=O) groups is 1. The molecule has 2 aromatic carbocycles. The molecule has 1 N–H and O–H groups in total. The number of urea groups is 1. The van der Waals surface area contributed by atoms with Gasteiger partial charge in [0.2, 0.25) is 0 Å². The molecule has 0 bridgehead atoms. The Morgan fingerprint density at radius 1 is 1.21 bits per heavy atom. The number of hydrogen-bond donors (Lipinski definition) is 1. The van der Waals surface area contributed by atoms with E-state index in [-0.39, 0.29) is 6.03 Å². The van der Waals surface area contributed by atoms with E-state index in [0.29, 0.717) is 6.04 Å². The van der Waals surface area contributed by atoms with Crippen molar-refractivity contribution >= 4 is 22.5 Å². The van der Waals surface area contributed by atoms with E-state index in [1.807, 2.05) is 42.2 Å². The van der Waals surface area contributed by atoms with Crippen molar-refractivity contribution in [1.29, 1.82) is 0 Å². The fourth-order valence-corrected chi connectivity index (χ4v) is 2.48. The van der Waals surface area contributed by atoms with Crippen molar-refractivity contribution in [2.24, 2.45) is 0 Å². The fourth-order valence-electron chi connectivity index (χ4n) is 2.48. The summed E-state index contributed by atoms with van der Waals surface area (Å²) in [5.41, 5.74) is 0.891. The molecule has 3 nitrogen and oxygen atoms in total. The van der Waals surface area contributed by atoms with Gasteiger partial charge < -0.3 is 10.2 Å². The zero-order valence-electron chi connectivity index (χ0n) is 11.1. The van der Waals surface area contributed by atoms with Gasteiger partial charge in [0.05, 0.1) is 5.69 Å². The summed E-state index contributed by atoms with van der Waals surface area (Å²) >= 11 is 0. The van der Waals surface area contributed by atoms with Gasteiger partial charge in [-0.1, -0.05) is 36.4 Å². The number of benzene rings is 2. The SMILES string of the molecule is CCN(C(=O)Nc1cccc2ccccc12)C1CC1. The molecule has 0 saturated heterocycles. The van der Waals surface area contributed by atoms with E-state index in [0.717, 1.165) is 35.8 Å². The molecule has 98 valence electrons. The summed E-state index contributed by atoms with van der Waals surface area (Å²) in [5.74, 6) is 0. The van der Waals surface area contributed by atoms with Crippen molar-refractivity contribution in [1.82, 2.24) is 4.90 Å². The van der Waals surface area contributed by atoms with Crippen LogP contribution in [0.2, 0.25) is 0 Å². The summed E-state index contributed by atoms with van der Waals surface area (Å²) in [6.45, 7) is 2.79. The Morgan fingerprint density at radius 3 is 2.68 bits per heavy atom. The monoisotopic (exact) mass is 254 g/mol. The first-order chi connectivity index (χ1) is 9.29. The molecule has 1 saturated carbocycles. The number of fused-ring (bicyclic) bond motifs is 1. The number of hydrogen-bond acceptors (Lipinski definition) is 1. The smallest absolute Gasteiger partial charge is 0.322 e. The first kappa shape index (κ1) is 12.0. The predicted molar refractivity (Wildman–Crippen MR) is 78.4 cm³/mol. The molecule has 0 heterocycles. The third kappa shape index (κ3) is 2.41. The first-order valence-corrected chi connectivity index (χ1v) is 6.85. The summed E-state index contributed by atoms with van der Waals surface area (Å²) in [6, 6.07) is 14.6. The van der Waals surface area contributed by atoms with Crippen LogP contribution < -0.4 is 5.32 Å². The number of amides is 2. The molecule has 1 fully saturated rings. The Balaban J connectivity index is 1.86. The van der Waals surface area contributed by atoms with Gasteiger partial charge in [-0.2, -0.15) is 0 Å². The summed E-state index contributed by atoms with van der Waals surface area (Å²) in [4.78, 5) is 14.2. The van der Waals surface area contributed by atoms with Crippen molar-refractivity contribution in [2.45, 2.75) is 25.8 Å². The van der Waals surface area contributed by atoms with Gasteiger partial charge in [-0.05, 0) is 31.2 Å². The molecule has 3 rings (SSSR count). The lowest BCUT2D eigenvalue weighted by molar-refractivity contribution is 0.212. The van der Waals surface area contributed by atoms with E-state index in [4.69, 9.17) is 0 Å². The van der Waals surface area contributed by atoms with E-state index in [1.165, 1.54) is 0 Å². The van der Waals surface area contributed by atoms with E-state index < -0.39 is 0 Å². The number of anilines is 1. The van der Waals surface area contributed by atoms with Gasteiger partial charge in [-0.3, -0.25) is 0 Å². The average Bonchev–Trinajstić information content (AvgIpc) is 3.25. The van der Waals surface area contributed by atoms with Crippen LogP contribution in [0, 0.1) is 0 Å². The molecule has 0 spiro atoms. The molecule has 19 heavy (non-hydrogen) atoms. The number of nitrogens with one attached hydrogen (secondary N) is 1. The van der Waals surface area contributed by atoms with Gasteiger partial charge >= 0.3 is 6.03 Å². The van der Waals surface area contributed by atoms with Crippen molar-refractivity contribution in [3.63, 3.8) is 0 Å². The highest BCUT2D eigenvalue weighted by Gasteiger charge is 2.31. The van der Waals surface area contributed by atoms with Gasteiger partial charge in [-0.15, -0.1) is 0 Å². The zero-order chi connectivity index (χ0) is 13.2.